The molecule has 63 heavy (non-hydrogen) atoms. The number of anilines is 3. The largest absolute Gasteiger partial charge is 0.310 e. The minimum absolute atomic E-state index is 0.441. The molecule has 0 saturated carbocycles. The maximum absolute atomic E-state index is 2.49. The van der Waals surface area contributed by atoms with Gasteiger partial charge in [-0.2, -0.15) is 0 Å². The number of nitrogens with zero attached hydrogens (tertiary/aromatic N) is 1. The van der Waals surface area contributed by atoms with E-state index >= 15 is 0 Å². The van der Waals surface area contributed by atoms with Gasteiger partial charge in [-0.15, -0.1) is 11.3 Å². The third-order valence-electron chi connectivity index (χ3n) is 12.9. The second-order valence-electron chi connectivity index (χ2n) is 16.4. The van der Waals surface area contributed by atoms with Gasteiger partial charge in [0, 0.05) is 37.2 Å². The molecule has 0 atom stereocenters. The highest BCUT2D eigenvalue weighted by Crippen LogP contribution is 2.57. The number of benzene rings is 10. The van der Waals surface area contributed by atoms with E-state index in [0.29, 0.717) is 0 Å². The van der Waals surface area contributed by atoms with Crippen LogP contribution in [0.15, 0.2) is 249 Å². The van der Waals surface area contributed by atoms with Crippen molar-refractivity contribution in [2.24, 2.45) is 0 Å². The van der Waals surface area contributed by atoms with Gasteiger partial charge in [-0.25, -0.2) is 0 Å². The second kappa shape index (κ2) is 15.3. The first-order chi connectivity index (χ1) is 31.2. The van der Waals surface area contributed by atoms with Crippen LogP contribution in [0, 0.1) is 0 Å². The van der Waals surface area contributed by atoms with Crippen molar-refractivity contribution in [1.29, 1.82) is 0 Å². The molecule has 1 nitrogen and oxygen atoms in total. The highest BCUT2D eigenvalue weighted by Gasteiger charge is 2.46. The Labute approximate surface area is 372 Å². The predicted molar refractivity (Wildman–Crippen MR) is 268 cm³/mol. The van der Waals surface area contributed by atoms with Crippen molar-refractivity contribution in [3.05, 3.63) is 271 Å². The lowest BCUT2D eigenvalue weighted by Crippen LogP contribution is -2.28. The molecule has 0 spiro atoms. The van der Waals surface area contributed by atoms with Crippen molar-refractivity contribution in [1.82, 2.24) is 0 Å². The summed E-state index contributed by atoms with van der Waals surface area (Å²) in [6.07, 6.45) is 0. The number of fused-ring (bicyclic) bond motifs is 6. The van der Waals surface area contributed by atoms with Crippen LogP contribution in [0.25, 0.3) is 64.7 Å². The molecule has 11 aromatic rings. The summed E-state index contributed by atoms with van der Waals surface area (Å²) in [6, 6.07) is 91.4. The van der Waals surface area contributed by atoms with Crippen LogP contribution in [-0.4, -0.2) is 0 Å². The molecule has 12 rings (SSSR count). The third kappa shape index (κ3) is 6.14. The van der Waals surface area contributed by atoms with E-state index in [1.54, 1.807) is 0 Å². The summed E-state index contributed by atoms with van der Waals surface area (Å²) < 4.78 is 2.59. The first-order valence-electron chi connectivity index (χ1n) is 21.7. The van der Waals surface area contributed by atoms with Gasteiger partial charge in [0.2, 0.25) is 0 Å². The van der Waals surface area contributed by atoms with Crippen LogP contribution in [-0.2, 0) is 5.41 Å². The third-order valence-corrected chi connectivity index (χ3v) is 14.2. The van der Waals surface area contributed by atoms with Gasteiger partial charge in [0.05, 0.1) is 5.41 Å². The number of rotatable bonds is 8. The Kier molecular flexibility index (Phi) is 8.98. The molecule has 1 aliphatic rings. The Morgan fingerprint density at radius 3 is 1.48 bits per heavy atom. The van der Waals surface area contributed by atoms with E-state index in [2.05, 4.69) is 254 Å². The van der Waals surface area contributed by atoms with Crippen molar-refractivity contribution >= 4 is 48.6 Å². The van der Waals surface area contributed by atoms with E-state index in [1.807, 2.05) is 11.3 Å². The van der Waals surface area contributed by atoms with Gasteiger partial charge < -0.3 is 4.90 Å². The lowest BCUT2D eigenvalue weighted by molar-refractivity contribution is 0.770. The first kappa shape index (κ1) is 37.0. The fourth-order valence-electron chi connectivity index (χ4n) is 10.1. The number of thiophene rings is 1. The van der Waals surface area contributed by atoms with E-state index in [-0.39, 0.29) is 0 Å². The molecule has 0 radical (unpaired) electrons. The summed E-state index contributed by atoms with van der Waals surface area (Å²) in [5, 5.41) is 2.58. The first-order valence-corrected chi connectivity index (χ1v) is 22.5. The minimum atomic E-state index is -0.441. The van der Waals surface area contributed by atoms with Crippen molar-refractivity contribution in [2.75, 3.05) is 4.90 Å². The number of hydrogen-bond donors (Lipinski definition) is 0. The van der Waals surface area contributed by atoms with E-state index < -0.39 is 5.41 Å². The summed E-state index contributed by atoms with van der Waals surface area (Å²) in [7, 11) is 0. The van der Waals surface area contributed by atoms with Crippen LogP contribution in [0.4, 0.5) is 17.1 Å². The molecule has 0 unspecified atom stereocenters. The minimum Gasteiger partial charge on any atom is -0.310 e. The molecule has 296 valence electrons. The fraction of sp³-hybridized carbons (Fsp3) is 0.0164. The van der Waals surface area contributed by atoms with Gasteiger partial charge in [0.25, 0.3) is 0 Å². The van der Waals surface area contributed by atoms with Crippen molar-refractivity contribution < 1.29 is 0 Å². The quantitative estimate of drug-likeness (QED) is 0.148. The Morgan fingerprint density at radius 1 is 0.302 bits per heavy atom. The van der Waals surface area contributed by atoms with Crippen LogP contribution < -0.4 is 4.90 Å². The summed E-state index contributed by atoms with van der Waals surface area (Å²) in [5.74, 6) is 0. The van der Waals surface area contributed by atoms with Crippen molar-refractivity contribution in [3.8, 4) is 44.5 Å². The highest BCUT2D eigenvalue weighted by atomic mass is 32.1. The Morgan fingerprint density at radius 2 is 0.810 bits per heavy atom. The lowest BCUT2D eigenvalue weighted by Gasteiger charge is -2.34. The van der Waals surface area contributed by atoms with Crippen LogP contribution in [0.2, 0.25) is 0 Å². The van der Waals surface area contributed by atoms with Crippen molar-refractivity contribution in [2.45, 2.75) is 5.41 Å². The maximum atomic E-state index is 2.49. The van der Waals surface area contributed by atoms with Gasteiger partial charge in [-0.1, -0.05) is 200 Å². The average Bonchev–Trinajstić information content (AvgIpc) is 3.89. The van der Waals surface area contributed by atoms with E-state index in [0.717, 1.165) is 17.1 Å². The standard InChI is InChI=1S/C61H41NS/c1-4-17-42(18-5-1)44-33-36-49(37-34-44)62(50-25-14-21-45(39-50)43-19-6-2-7-20-43)51-26-15-22-46(40-51)52-29-16-30-55-56-41-48(35-38-59(56)63-60(52)55)61(47-23-8-3-9-24-47)57-31-12-10-27-53(57)54-28-11-13-32-58(54)61/h1-41H. The van der Waals surface area contributed by atoms with Crippen LogP contribution in [0.1, 0.15) is 22.3 Å². The molecule has 1 aromatic heterocycles. The van der Waals surface area contributed by atoms with Crippen LogP contribution in [0.5, 0.6) is 0 Å². The second-order valence-corrected chi connectivity index (χ2v) is 17.5. The molecule has 0 bridgehead atoms. The molecule has 0 saturated heterocycles. The molecule has 1 heterocycles. The smallest absolute Gasteiger partial charge is 0.0713 e. The average molecular weight is 820 g/mol. The molecule has 2 heteroatoms. The summed E-state index contributed by atoms with van der Waals surface area (Å²) in [5.41, 5.74) is 18.0. The Hall–Kier alpha value is -7.78. The SMILES string of the molecule is c1ccc(-c2ccc(N(c3cccc(-c4ccccc4)c3)c3cccc(-c4cccc5c4sc4ccc(C6(c7ccccc7)c7ccccc7-c7ccccc76)cc45)c3)cc2)cc1. The van der Waals surface area contributed by atoms with E-state index in [4.69, 9.17) is 0 Å². The molecule has 1 aliphatic carbocycles. The molecule has 0 N–H and O–H groups in total. The number of hydrogen-bond acceptors (Lipinski definition) is 2. The molecule has 0 fully saturated rings. The van der Waals surface area contributed by atoms with Gasteiger partial charge in [-0.3, -0.25) is 0 Å². The molecule has 10 aromatic carbocycles. The fourth-order valence-corrected chi connectivity index (χ4v) is 11.3. The maximum Gasteiger partial charge on any atom is 0.0713 e. The molecular formula is C61H41NS. The normalized spacial score (nSPS) is 12.6. The molecular weight excluding hydrogens is 779 g/mol. The van der Waals surface area contributed by atoms with Gasteiger partial charge >= 0.3 is 0 Å². The zero-order chi connectivity index (χ0) is 41.7. The predicted octanol–water partition coefficient (Wildman–Crippen LogP) is 16.9. The zero-order valence-electron chi connectivity index (χ0n) is 34.5. The van der Waals surface area contributed by atoms with Crippen LogP contribution in [0.3, 0.4) is 0 Å². The molecule has 0 aliphatic heterocycles. The van der Waals surface area contributed by atoms with Crippen LogP contribution >= 0.6 is 11.3 Å². The summed E-state index contributed by atoms with van der Waals surface area (Å²) >= 11 is 1.89. The monoisotopic (exact) mass is 819 g/mol. The zero-order valence-corrected chi connectivity index (χ0v) is 35.3. The van der Waals surface area contributed by atoms with E-state index in [1.165, 1.54) is 86.9 Å². The Balaban J connectivity index is 1.00. The Bertz CT molecular complexity index is 3400. The highest BCUT2D eigenvalue weighted by molar-refractivity contribution is 7.26. The van der Waals surface area contributed by atoms with Gasteiger partial charge in [-0.05, 0) is 115 Å². The van der Waals surface area contributed by atoms with Crippen molar-refractivity contribution in [3.63, 3.8) is 0 Å². The summed E-state index contributed by atoms with van der Waals surface area (Å²) in [6.45, 7) is 0. The topological polar surface area (TPSA) is 3.24 Å². The van der Waals surface area contributed by atoms with E-state index in [9.17, 15) is 0 Å². The molecule has 0 amide bonds. The van der Waals surface area contributed by atoms with Gasteiger partial charge in [0.15, 0.2) is 0 Å². The van der Waals surface area contributed by atoms with Gasteiger partial charge in [0.1, 0.15) is 0 Å². The lowest BCUT2D eigenvalue weighted by atomic mass is 9.67. The summed E-state index contributed by atoms with van der Waals surface area (Å²) in [4.78, 5) is 2.39.